The minimum atomic E-state index is -4.77. The fraction of sp³-hybridized carbons (Fsp3) is 0.650. The van der Waals surface area contributed by atoms with Crippen molar-refractivity contribution in [3.05, 3.63) is 72.9 Å². The predicted octanol–water partition coefficient (Wildman–Crippen LogP) is 11.1. The highest BCUT2D eigenvalue weighted by atomic mass is 31.2. The van der Waals surface area contributed by atoms with Crippen LogP contribution in [0.3, 0.4) is 0 Å². The molecular weight excluding hydrogens is 639 g/mol. The molecule has 0 saturated carbocycles. The number of phosphoric acid groups is 1. The van der Waals surface area contributed by atoms with E-state index in [1.807, 2.05) is 12.2 Å². The normalized spacial score (nSPS) is 13.3. The van der Waals surface area contributed by atoms with Crippen LogP contribution in [0.2, 0.25) is 0 Å². The van der Waals surface area contributed by atoms with Crippen molar-refractivity contribution < 1.29 is 37.9 Å². The second-order valence-corrected chi connectivity index (χ2v) is 13.4. The van der Waals surface area contributed by atoms with Crippen molar-refractivity contribution in [2.75, 3.05) is 13.2 Å². The molecule has 9 heteroatoms. The fourth-order valence-corrected chi connectivity index (χ4v) is 5.00. The number of carbonyl (C=O) groups excluding carboxylic acids is 2. The van der Waals surface area contributed by atoms with E-state index in [0.29, 0.717) is 12.8 Å². The van der Waals surface area contributed by atoms with E-state index in [9.17, 15) is 14.2 Å². The second-order valence-electron chi connectivity index (χ2n) is 12.2. The van der Waals surface area contributed by atoms with Gasteiger partial charge in [0.1, 0.15) is 6.61 Å². The summed E-state index contributed by atoms with van der Waals surface area (Å²) in [5, 5.41) is 0. The average molecular weight is 707 g/mol. The van der Waals surface area contributed by atoms with E-state index in [2.05, 4.69) is 79.1 Å². The molecule has 2 N–H and O–H groups in total. The highest BCUT2D eigenvalue weighted by molar-refractivity contribution is 7.46. The molecule has 0 saturated heterocycles. The fourth-order valence-electron chi connectivity index (χ4n) is 4.64. The van der Waals surface area contributed by atoms with Crippen LogP contribution in [0.15, 0.2) is 72.9 Å². The van der Waals surface area contributed by atoms with Crippen LogP contribution in [-0.4, -0.2) is 41.0 Å². The largest absolute Gasteiger partial charge is 0.469 e. The van der Waals surface area contributed by atoms with Gasteiger partial charge in [0.25, 0.3) is 0 Å². The first kappa shape index (κ1) is 46.5. The molecule has 0 bridgehead atoms. The number of ether oxygens (including phenoxy) is 2. The van der Waals surface area contributed by atoms with Crippen LogP contribution in [0, 0.1) is 0 Å². The number of hydrogen-bond acceptors (Lipinski definition) is 6. The third-order valence-electron chi connectivity index (χ3n) is 7.46. The average Bonchev–Trinajstić information content (AvgIpc) is 3.07. The summed E-state index contributed by atoms with van der Waals surface area (Å²) in [7, 11) is -4.77. The maximum absolute atomic E-state index is 12.3. The lowest BCUT2D eigenvalue weighted by Gasteiger charge is -2.18. The predicted molar refractivity (Wildman–Crippen MR) is 202 cm³/mol. The Balaban J connectivity index is 4.14. The standard InChI is InChI=1S/C40H67O8P/c1-3-5-7-9-11-13-15-17-18-19-20-21-22-23-25-27-29-31-33-35-40(42)48-38(37-47-49(43,44)45)36-46-39(41)34-32-30-28-26-24-16-14-12-10-8-6-4-2/h11-14,17-18,20-21,23,25,29,31,38H,3-10,15-16,19,22,24,26-28,30,32-37H2,1-2H3,(H2,43,44,45)/b13-11+,14-12+,18-17+,21-20+,25-23+,31-29+/t38-/m1/s1. The van der Waals surface area contributed by atoms with Gasteiger partial charge in [-0.2, -0.15) is 0 Å². The van der Waals surface area contributed by atoms with E-state index in [1.54, 1.807) is 0 Å². The Bertz CT molecular complexity index is 1020. The molecular formula is C40H67O8P. The van der Waals surface area contributed by atoms with Crippen molar-refractivity contribution in [3.63, 3.8) is 0 Å². The van der Waals surface area contributed by atoms with Gasteiger partial charge in [0, 0.05) is 12.8 Å². The highest BCUT2D eigenvalue weighted by Crippen LogP contribution is 2.35. The van der Waals surface area contributed by atoms with E-state index in [-0.39, 0.29) is 19.4 Å². The Hall–Kier alpha value is -2.51. The molecule has 0 fully saturated rings. The van der Waals surface area contributed by atoms with Crippen LogP contribution in [-0.2, 0) is 28.2 Å². The summed E-state index contributed by atoms with van der Waals surface area (Å²) in [4.78, 5) is 42.6. The Morgan fingerprint density at radius 1 is 0.531 bits per heavy atom. The Morgan fingerprint density at radius 3 is 1.47 bits per heavy atom. The number of carbonyl (C=O) groups is 2. The zero-order chi connectivity index (χ0) is 36.1. The van der Waals surface area contributed by atoms with Gasteiger partial charge < -0.3 is 19.3 Å². The molecule has 0 aromatic heterocycles. The summed E-state index contributed by atoms with van der Waals surface area (Å²) >= 11 is 0. The molecule has 8 nitrogen and oxygen atoms in total. The van der Waals surface area contributed by atoms with E-state index < -0.39 is 32.5 Å². The molecule has 0 aliphatic carbocycles. The van der Waals surface area contributed by atoms with Crippen molar-refractivity contribution in [3.8, 4) is 0 Å². The molecule has 0 radical (unpaired) electrons. The summed E-state index contributed by atoms with van der Waals surface area (Å²) < 4.78 is 26.2. The van der Waals surface area contributed by atoms with E-state index in [0.717, 1.165) is 64.2 Å². The van der Waals surface area contributed by atoms with Crippen LogP contribution in [0.4, 0.5) is 0 Å². The van der Waals surface area contributed by atoms with Crippen LogP contribution in [0.5, 0.6) is 0 Å². The first-order chi connectivity index (χ1) is 23.8. The first-order valence-corrected chi connectivity index (χ1v) is 20.3. The molecule has 0 aliphatic rings. The van der Waals surface area contributed by atoms with Gasteiger partial charge in [-0.05, 0) is 77.0 Å². The van der Waals surface area contributed by atoms with Gasteiger partial charge in [-0.15, -0.1) is 0 Å². The zero-order valence-electron chi connectivity index (χ0n) is 30.6. The van der Waals surface area contributed by atoms with Crippen molar-refractivity contribution in [2.24, 2.45) is 0 Å². The quantitative estimate of drug-likeness (QED) is 0.0299. The van der Waals surface area contributed by atoms with E-state index in [1.165, 1.54) is 44.9 Å². The topological polar surface area (TPSA) is 119 Å². The molecule has 0 aromatic rings. The Labute approximate surface area is 298 Å². The summed E-state index contributed by atoms with van der Waals surface area (Å²) in [6.07, 6.45) is 44.9. The third kappa shape index (κ3) is 38.1. The Morgan fingerprint density at radius 2 is 0.959 bits per heavy atom. The van der Waals surface area contributed by atoms with Crippen molar-refractivity contribution in [1.29, 1.82) is 0 Å². The van der Waals surface area contributed by atoms with Gasteiger partial charge in [-0.1, -0.05) is 132 Å². The second kappa shape index (κ2) is 35.3. The number of esters is 2. The SMILES string of the molecule is CCCCC/C=C/C/C=C/C/C=C/C/C=C/C/C=C/CCC(=O)O[C@H](COC(=O)CCCCCCC/C=C/CCCCC)COP(=O)(O)O. The minimum absolute atomic E-state index is 0.0835. The van der Waals surface area contributed by atoms with Gasteiger partial charge in [0.05, 0.1) is 6.61 Å². The summed E-state index contributed by atoms with van der Waals surface area (Å²) in [6, 6.07) is 0. The lowest BCUT2D eigenvalue weighted by Crippen LogP contribution is -2.29. The van der Waals surface area contributed by atoms with Crippen molar-refractivity contribution >= 4 is 19.8 Å². The van der Waals surface area contributed by atoms with E-state index in [4.69, 9.17) is 19.3 Å². The van der Waals surface area contributed by atoms with Gasteiger partial charge in [-0.25, -0.2) is 4.57 Å². The molecule has 0 aliphatic heterocycles. The number of rotatable bonds is 33. The number of allylic oxidation sites excluding steroid dienone is 12. The van der Waals surface area contributed by atoms with Gasteiger partial charge in [0.2, 0.25) is 0 Å². The zero-order valence-corrected chi connectivity index (χ0v) is 31.5. The number of phosphoric ester groups is 1. The van der Waals surface area contributed by atoms with Gasteiger partial charge >= 0.3 is 19.8 Å². The smallest absolute Gasteiger partial charge is 0.462 e. The summed E-state index contributed by atoms with van der Waals surface area (Å²) in [5.74, 6) is -0.999. The van der Waals surface area contributed by atoms with Crippen molar-refractivity contribution in [2.45, 2.75) is 155 Å². The summed E-state index contributed by atoms with van der Waals surface area (Å²) in [5.41, 5.74) is 0. The maximum atomic E-state index is 12.3. The molecule has 0 spiro atoms. The Kier molecular flexibility index (Phi) is 33.5. The lowest BCUT2D eigenvalue weighted by atomic mass is 10.1. The molecule has 0 amide bonds. The monoisotopic (exact) mass is 706 g/mol. The van der Waals surface area contributed by atoms with Gasteiger partial charge in [-0.3, -0.25) is 14.1 Å². The lowest BCUT2D eigenvalue weighted by molar-refractivity contribution is -0.161. The highest BCUT2D eigenvalue weighted by Gasteiger charge is 2.22. The van der Waals surface area contributed by atoms with Crippen LogP contribution in [0.25, 0.3) is 0 Å². The number of unbranched alkanes of at least 4 members (excludes halogenated alkanes) is 11. The molecule has 0 aromatic carbocycles. The minimum Gasteiger partial charge on any atom is -0.462 e. The van der Waals surface area contributed by atoms with Crippen LogP contribution in [0.1, 0.15) is 149 Å². The molecule has 0 heterocycles. The molecule has 49 heavy (non-hydrogen) atoms. The summed E-state index contributed by atoms with van der Waals surface area (Å²) in [6.45, 7) is 3.54. The molecule has 0 unspecified atom stereocenters. The van der Waals surface area contributed by atoms with Crippen LogP contribution < -0.4 is 0 Å². The molecule has 0 rings (SSSR count). The molecule has 280 valence electrons. The molecule has 1 atom stereocenters. The third-order valence-corrected chi connectivity index (χ3v) is 7.95. The maximum Gasteiger partial charge on any atom is 0.469 e. The van der Waals surface area contributed by atoms with Gasteiger partial charge in [0.15, 0.2) is 6.10 Å². The van der Waals surface area contributed by atoms with E-state index >= 15 is 0 Å². The van der Waals surface area contributed by atoms with Crippen LogP contribution >= 0.6 is 7.82 Å². The first-order valence-electron chi connectivity index (χ1n) is 18.7. The van der Waals surface area contributed by atoms with Crippen molar-refractivity contribution in [1.82, 2.24) is 0 Å². The number of hydrogen-bond donors (Lipinski definition) is 2.